The van der Waals surface area contributed by atoms with Crippen molar-refractivity contribution in [3.8, 4) is 0 Å². The summed E-state index contributed by atoms with van der Waals surface area (Å²) in [6, 6.07) is 6.55. The third-order valence-corrected chi connectivity index (χ3v) is 5.68. The molecule has 0 saturated carbocycles. The first-order chi connectivity index (χ1) is 13.4. The zero-order valence-electron chi connectivity index (χ0n) is 16.1. The molecule has 6 nitrogen and oxygen atoms in total. The number of H-pyrrole nitrogens is 1. The van der Waals surface area contributed by atoms with Gasteiger partial charge in [0.15, 0.2) is 5.16 Å². The monoisotopic (exact) mass is 404 g/mol. The second kappa shape index (κ2) is 9.34. The third-order valence-electron chi connectivity index (χ3n) is 4.81. The van der Waals surface area contributed by atoms with Crippen LogP contribution in [-0.4, -0.2) is 39.1 Å². The van der Waals surface area contributed by atoms with Crippen LogP contribution in [0, 0.1) is 5.82 Å². The Balaban J connectivity index is 1.62. The smallest absolute Gasteiger partial charge is 0.256 e. The fraction of sp³-hybridized carbons (Fsp3) is 0.450. The molecular formula is C20H25FN4O2S. The van der Waals surface area contributed by atoms with Crippen LogP contribution in [0.15, 0.2) is 34.2 Å². The van der Waals surface area contributed by atoms with Gasteiger partial charge in [-0.3, -0.25) is 14.5 Å². The normalized spacial score (nSPS) is 15.1. The van der Waals surface area contributed by atoms with E-state index in [1.807, 2.05) is 13.8 Å². The van der Waals surface area contributed by atoms with Gasteiger partial charge in [0.25, 0.3) is 5.56 Å². The second-order valence-corrected chi connectivity index (χ2v) is 8.01. The Bertz CT molecular complexity index is 885. The summed E-state index contributed by atoms with van der Waals surface area (Å²) in [5.41, 5.74) is 2.32. The molecule has 3 rings (SSSR count). The number of aromatic amines is 1. The van der Waals surface area contributed by atoms with Crippen LogP contribution in [0.1, 0.15) is 37.1 Å². The standard InChI is InChI=1S/C20H25FN4O2S/c1-3-13(2)22-18(26)12-28-20-23-17-8-9-25(11-16(17)19(27)24-20)10-14-4-6-15(21)7-5-14/h4-7,13H,3,8-12H2,1-2H3,(H,22,26)(H,23,24,27)/t13-/m1/s1. The molecule has 1 amide bonds. The van der Waals surface area contributed by atoms with Crippen LogP contribution in [0.5, 0.6) is 0 Å². The van der Waals surface area contributed by atoms with E-state index in [9.17, 15) is 14.0 Å². The highest BCUT2D eigenvalue weighted by molar-refractivity contribution is 7.99. The number of aromatic nitrogens is 2. The molecule has 2 aromatic rings. The van der Waals surface area contributed by atoms with Crippen LogP contribution in [-0.2, 0) is 24.3 Å². The van der Waals surface area contributed by atoms with Gasteiger partial charge in [0.1, 0.15) is 5.82 Å². The van der Waals surface area contributed by atoms with Crippen LogP contribution in [0.4, 0.5) is 4.39 Å². The molecule has 0 unspecified atom stereocenters. The highest BCUT2D eigenvalue weighted by atomic mass is 32.2. The molecule has 0 spiro atoms. The second-order valence-electron chi connectivity index (χ2n) is 7.05. The highest BCUT2D eigenvalue weighted by Gasteiger charge is 2.21. The minimum absolute atomic E-state index is 0.0646. The zero-order valence-corrected chi connectivity index (χ0v) is 16.9. The van der Waals surface area contributed by atoms with Gasteiger partial charge in [-0.1, -0.05) is 30.8 Å². The Hall–Kier alpha value is -2.19. The number of halogens is 1. The minimum Gasteiger partial charge on any atom is -0.353 e. The van der Waals surface area contributed by atoms with Gasteiger partial charge < -0.3 is 10.3 Å². The van der Waals surface area contributed by atoms with Crippen molar-refractivity contribution in [3.63, 3.8) is 0 Å². The summed E-state index contributed by atoms with van der Waals surface area (Å²) in [6.07, 6.45) is 1.55. The number of amides is 1. The SMILES string of the molecule is CC[C@@H](C)NC(=O)CSc1nc2c(c(=O)[nH]1)CN(Cc1ccc(F)cc1)CC2. The van der Waals surface area contributed by atoms with Crippen molar-refractivity contribution < 1.29 is 9.18 Å². The Morgan fingerprint density at radius 2 is 2.14 bits per heavy atom. The van der Waals surface area contributed by atoms with Gasteiger partial charge in [-0.15, -0.1) is 0 Å². The van der Waals surface area contributed by atoms with Gasteiger partial charge in [-0.25, -0.2) is 9.37 Å². The van der Waals surface area contributed by atoms with Gasteiger partial charge in [0, 0.05) is 32.1 Å². The lowest BCUT2D eigenvalue weighted by atomic mass is 10.1. The lowest BCUT2D eigenvalue weighted by molar-refractivity contribution is -0.119. The minimum atomic E-state index is -0.253. The number of hydrogen-bond donors (Lipinski definition) is 2. The van der Waals surface area contributed by atoms with Crippen molar-refractivity contribution in [2.75, 3.05) is 12.3 Å². The summed E-state index contributed by atoms with van der Waals surface area (Å²) >= 11 is 1.24. The number of carbonyl (C=O) groups excluding carboxylic acids is 1. The summed E-state index contributed by atoms with van der Waals surface area (Å²) in [6.45, 7) is 5.92. The van der Waals surface area contributed by atoms with E-state index >= 15 is 0 Å². The molecule has 150 valence electrons. The molecule has 2 N–H and O–H groups in total. The van der Waals surface area contributed by atoms with Crippen LogP contribution in [0.3, 0.4) is 0 Å². The topological polar surface area (TPSA) is 78.1 Å². The van der Waals surface area contributed by atoms with Crippen molar-refractivity contribution in [1.29, 1.82) is 0 Å². The average molecular weight is 405 g/mol. The molecule has 1 aromatic heterocycles. The van der Waals surface area contributed by atoms with Crippen molar-refractivity contribution >= 4 is 17.7 Å². The molecule has 1 aromatic carbocycles. The highest BCUT2D eigenvalue weighted by Crippen LogP contribution is 2.19. The first kappa shape index (κ1) is 20.5. The average Bonchev–Trinajstić information content (AvgIpc) is 2.68. The fourth-order valence-corrected chi connectivity index (χ4v) is 3.75. The Labute approximate surface area is 167 Å². The number of fused-ring (bicyclic) bond motifs is 1. The predicted molar refractivity (Wildman–Crippen MR) is 108 cm³/mol. The molecular weight excluding hydrogens is 379 g/mol. The molecule has 0 saturated heterocycles. The molecule has 1 aliphatic rings. The molecule has 1 aliphatic heterocycles. The summed E-state index contributed by atoms with van der Waals surface area (Å²) in [4.78, 5) is 33.9. The van der Waals surface area contributed by atoms with Crippen molar-refractivity contribution in [3.05, 3.63) is 57.3 Å². The quantitative estimate of drug-likeness (QED) is 0.548. The molecule has 2 heterocycles. The van der Waals surface area contributed by atoms with Gasteiger partial charge in [0.2, 0.25) is 5.91 Å². The maximum atomic E-state index is 13.1. The van der Waals surface area contributed by atoms with Crippen LogP contribution < -0.4 is 10.9 Å². The summed E-state index contributed by atoms with van der Waals surface area (Å²) in [5.74, 6) is -0.0932. The number of benzene rings is 1. The number of rotatable bonds is 7. The van der Waals surface area contributed by atoms with Crippen molar-refractivity contribution in [1.82, 2.24) is 20.2 Å². The third kappa shape index (κ3) is 5.42. The number of thioether (sulfide) groups is 1. The van der Waals surface area contributed by atoms with Crippen molar-refractivity contribution in [2.45, 2.75) is 51.0 Å². The molecule has 1 atom stereocenters. The van der Waals surface area contributed by atoms with E-state index in [-0.39, 0.29) is 29.1 Å². The first-order valence-corrected chi connectivity index (χ1v) is 10.4. The maximum Gasteiger partial charge on any atom is 0.256 e. The molecule has 0 aliphatic carbocycles. The van der Waals surface area contributed by atoms with Gasteiger partial charge in [0.05, 0.1) is 17.0 Å². The maximum absolute atomic E-state index is 13.1. The van der Waals surface area contributed by atoms with Crippen molar-refractivity contribution in [2.24, 2.45) is 0 Å². The van der Waals surface area contributed by atoms with E-state index in [2.05, 4.69) is 20.2 Å². The lowest BCUT2D eigenvalue weighted by Crippen LogP contribution is -2.35. The molecule has 0 fully saturated rings. The van der Waals surface area contributed by atoms with E-state index in [0.717, 1.165) is 24.2 Å². The summed E-state index contributed by atoms with van der Waals surface area (Å²) < 4.78 is 13.1. The molecule has 8 heteroatoms. The summed E-state index contributed by atoms with van der Waals surface area (Å²) in [5, 5.41) is 3.38. The predicted octanol–water partition coefficient (Wildman–Crippen LogP) is 2.47. The Morgan fingerprint density at radius 3 is 2.86 bits per heavy atom. The largest absolute Gasteiger partial charge is 0.353 e. The lowest BCUT2D eigenvalue weighted by Gasteiger charge is -2.27. The Kier molecular flexibility index (Phi) is 6.85. The molecule has 0 bridgehead atoms. The van der Waals surface area contributed by atoms with E-state index < -0.39 is 0 Å². The van der Waals surface area contributed by atoms with Crippen LogP contribution in [0.25, 0.3) is 0 Å². The van der Waals surface area contributed by atoms with E-state index in [4.69, 9.17) is 0 Å². The summed E-state index contributed by atoms with van der Waals surface area (Å²) in [7, 11) is 0. The number of nitrogens with zero attached hydrogens (tertiary/aromatic N) is 2. The molecule has 28 heavy (non-hydrogen) atoms. The number of carbonyl (C=O) groups is 1. The number of nitrogens with one attached hydrogen (secondary N) is 2. The number of hydrogen-bond acceptors (Lipinski definition) is 5. The van der Waals surface area contributed by atoms with Crippen LogP contribution in [0.2, 0.25) is 0 Å². The first-order valence-electron chi connectivity index (χ1n) is 9.45. The van der Waals surface area contributed by atoms with E-state index in [1.165, 1.54) is 23.9 Å². The molecule has 0 radical (unpaired) electrons. The van der Waals surface area contributed by atoms with Gasteiger partial charge in [-0.05, 0) is 31.0 Å². The van der Waals surface area contributed by atoms with Gasteiger partial charge >= 0.3 is 0 Å². The fourth-order valence-electron chi connectivity index (χ4n) is 3.06. The zero-order chi connectivity index (χ0) is 20.1. The van der Waals surface area contributed by atoms with E-state index in [1.54, 1.807) is 12.1 Å². The van der Waals surface area contributed by atoms with E-state index in [0.29, 0.717) is 30.2 Å². The van der Waals surface area contributed by atoms with Gasteiger partial charge in [-0.2, -0.15) is 0 Å². The Morgan fingerprint density at radius 1 is 1.39 bits per heavy atom. The van der Waals surface area contributed by atoms with Crippen LogP contribution >= 0.6 is 11.8 Å².